The van der Waals surface area contributed by atoms with Crippen LogP contribution in [0.2, 0.25) is 5.02 Å². The molecule has 0 aliphatic heterocycles. The van der Waals surface area contributed by atoms with Gasteiger partial charge in [-0.05, 0) is 23.1 Å². The maximum atomic E-state index is 11.3. The second kappa shape index (κ2) is 4.49. The van der Waals surface area contributed by atoms with Crippen molar-refractivity contribution in [1.82, 2.24) is 4.98 Å². The first kappa shape index (κ1) is 10.9. The van der Waals surface area contributed by atoms with E-state index in [2.05, 4.69) is 9.72 Å². The highest BCUT2D eigenvalue weighted by Crippen LogP contribution is 2.26. The van der Waals surface area contributed by atoms with E-state index in [1.54, 1.807) is 18.5 Å². The third kappa shape index (κ3) is 1.99. The van der Waals surface area contributed by atoms with Gasteiger partial charge in [-0.25, -0.2) is 0 Å². The van der Waals surface area contributed by atoms with Crippen LogP contribution in [-0.2, 0) is 16.0 Å². The number of carbonyl (C=O) groups excluding carboxylic acids is 1. The summed E-state index contributed by atoms with van der Waals surface area (Å²) in [6.07, 6.45) is 3.60. The summed E-state index contributed by atoms with van der Waals surface area (Å²) in [7, 11) is 1.36. The van der Waals surface area contributed by atoms with E-state index >= 15 is 0 Å². The molecular weight excluding hydrogens is 226 g/mol. The Morgan fingerprint density at radius 3 is 3.00 bits per heavy atom. The molecule has 0 radical (unpaired) electrons. The SMILES string of the molecule is COC(=O)Cc1c(Cl)ccc2cnccc12. The van der Waals surface area contributed by atoms with Gasteiger partial charge in [0.1, 0.15) is 0 Å². The first-order valence-electron chi connectivity index (χ1n) is 4.80. The second-order valence-corrected chi connectivity index (χ2v) is 3.78. The minimum Gasteiger partial charge on any atom is -0.469 e. The Hall–Kier alpha value is -1.61. The first-order valence-corrected chi connectivity index (χ1v) is 5.18. The normalized spacial score (nSPS) is 10.4. The van der Waals surface area contributed by atoms with Gasteiger partial charge in [0.15, 0.2) is 0 Å². The molecule has 16 heavy (non-hydrogen) atoms. The summed E-state index contributed by atoms with van der Waals surface area (Å²) in [4.78, 5) is 15.3. The van der Waals surface area contributed by atoms with Crippen molar-refractivity contribution in [1.29, 1.82) is 0 Å². The quantitative estimate of drug-likeness (QED) is 0.751. The van der Waals surface area contributed by atoms with Gasteiger partial charge in [0.25, 0.3) is 0 Å². The molecule has 82 valence electrons. The first-order chi connectivity index (χ1) is 7.72. The standard InChI is InChI=1S/C12H10ClNO2/c1-16-12(15)6-10-9-4-5-14-7-8(9)2-3-11(10)13/h2-5,7H,6H2,1H3. The Bertz CT molecular complexity index is 540. The zero-order valence-corrected chi connectivity index (χ0v) is 9.49. The number of hydrogen-bond donors (Lipinski definition) is 0. The highest BCUT2D eigenvalue weighted by molar-refractivity contribution is 6.32. The minimum absolute atomic E-state index is 0.177. The van der Waals surface area contributed by atoms with Gasteiger partial charge < -0.3 is 4.74 Å². The summed E-state index contributed by atoms with van der Waals surface area (Å²) < 4.78 is 4.64. The van der Waals surface area contributed by atoms with E-state index in [9.17, 15) is 4.79 Å². The molecule has 0 saturated carbocycles. The maximum Gasteiger partial charge on any atom is 0.310 e. The molecule has 0 spiro atoms. The predicted octanol–water partition coefficient (Wildman–Crippen LogP) is 2.60. The van der Waals surface area contributed by atoms with Gasteiger partial charge in [-0.2, -0.15) is 0 Å². The summed E-state index contributed by atoms with van der Waals surface area (Å²) in [6, 6.07) is 5.49. The molecule has 0 aliphatic rings. The predicted molar refractivity (Wildman–Crippen MR) is 62.5 cm³/mol. The lowest BCUT2D eigenvalue weighted by molar-refractivity contribution is -0.139. The molecule has 0 saturated heterocycles. The summed E-state index contributed by atoms with van der Waals surface area (Å²) in [5, 5.41) is 2.47. The van der Waals surface area contributed by atoms with Crippen LogP contribution in [0.1, 0.15) is 5.56 Å². The lowest BCUT2D eigenvalue weighted by Crippen LogP contribution is -2.05. The number of nitrogens with zero attached hydrogens (tertiary/aromatic N) is 1. The van der Waals surface area contributed by atoms with Crippen LogP contribution in [0, 0.1) is 0 Å². The fourth-order valence-electron chi connectivity index (χ4n) is 1.60. The number of halogens is 1. The van der Waals surface area contributed by atoms with Crippen LogP contribution in [0.15, 0.2) is 30.6 Å². The molecule has 4 heteroatoms. The van der Waals surface area contributed by atoms with Crippen molar-refractivity contribution in [3.05, 3.63) is 41.2 Å². The number of hydrogen-bond acceptors (Lipinski definition) is 3. The van der Waals surface area contributed by atoms with E-state index in [-0.39, 0.29) is 12.4 Å². The van der Waals surface area contributed by atoms with E-state index in [0.717, 1.165) is 16.3 Å². The zero-order chi connectivity index (χ0) is 11.5. The molecule has 0 unspecified atom stereocenters. The molecule has 1 heterocycles. The number of ether oxygens (including phenoxy) is 1. The molecule has 3 nitrogen and oxygen atoms in total. The molecule has 1 aromatic carbocycles. The number of fused-ring (bicyclic) bond motifs is 1. The third-order valence-electron chi connectivity index (χ3n) is 2.42. The number of rotatable bonds is 2. The van der Waals surface area contributed by atoms with Gasteiger partial charge in [-0.15, -0.1) is 0 Å². The number of aromatic nitrogens is 1. The Morgan fingerprint density at radius 1 is 1.44 bits per heavy atom. The van der Waals surface area contributed by atoms with Crippen molar-refractivity contribution >= 4 is 28.3 Å². The number of methoxy groups -OCH3 is 1. The second-order valence-electron chi connectivity index (χ2n) is 3.38. The average Bonchev–Trinajstić information content (AvgIpc) is 2.32. The highest BCUT2D eigenvalue weighted by Gasteiger charge is 2.10. The molecule has 0 N–H and O–H groups in total. The third-order valence-corrected chi connectivity index (χ3v) is 2.78. The number of esters is 1. The Balaban J connectivity index is 2.57. The summed E-state index contributed by atoms with van der Waals surface area (Å²) >= 11 is 6.08. The van der Waals surface area contributed by atoms with Crippen molar-refractivity contribution in [2.24, 2.45) is 0 Å². The lowest BCUT2D eigenvalue weighted by Gasteiger charge is -2.07. The van der Waals surface area contributed by atoms with Crippen molar-refractivity contribution in [2.45, 2.75) is 6.42 Å². The smallest absolute Gasteiger partial charge is 0.310 e. The van der Waals surface area contributed by atoms with Gasteiger partial charge in [0, 0.05) is 22.8 Å². The molecule has 0 bridgehead atoms. The van der Waals surface area contributed by atoms with Gasteiger partial charge in [0.2, 0.25) is 0 Å². The van der Waals surface area contributed by atoms with E-state index in [1.807, 2.05) is 12.1 Å². The molecular formula is C12H10ClNO2. The van der Waals surface area contributed by atoms with Crippen LogP contribution < -0.4 is 0 Å². The van der Waals surface area contributed by atoms with E-state index < -0.39 is 0 Å². The summed E-state index contributed by atoms with van der Waals surface area (Å²) in [5.74, 6) is -0.300. The Kier molecular flexibility index (Phi) is 3.06. The van der Waals surface area contributed by atoms with E-state index in [0.29, 0.717) is 5.02 Å². The van der Waals surface area contributed by atoms with Gasteiger partial charge in [0.05, 0.1) is 13.5 Å². The fraction of sp³-hybridized carbons (Fsp3) is 0.167. The van der Waals surface area contributed by atoms with E-state index in [1.165, 1.54) is 7.11 Å². The maximum absolute atomic E-state index is 11.3. The fourth-order valence-corrected chi connectivity index (χ4v) is 1.83. The zero-order valence-electron chi connectivity index (χ0n) is 8.74. The average molecular weight is 236 g/mol. The van der Waals surface area contributed by atoms with Crippen LogP contribution >= 0.6 is 11.6 Å². The summed E-state index contributed by atoms with van der Waals surface area (Å²) in [5.41, 5.74) is 0.786. The number of carbonyl (C=O) groups is 1. The van der Waals surface area contributed by atoms with Gasteiger partial charge >= 0.3 is 5.97 Å². The molecule has 2 rings (SSSR count). The van der Waals surface area contributed by atoms with Crippen molar-refractivity contribution < 1.29 is 9.53 Å². The van der Waals surface area contributed by atoms with Crippen LogP contribution in [0.25, 0.3) is 10.8 Å². The van der Waals surface area contributed by atoms with E-state index in [4.69, 9.17) is 11.6 Å². The number of pyridine rings is 1. The van der Waals surface area contributed by atoms with Crippen LogP contribution in [0.3, 0.4) is 0 Å². The molecule has 1 aromatic heterocycles. The molecule has 2 aromatic rings. The van der Waals surface area contributed by atoms with Crippen LogP contribution in [-0.4, -0.2) is 18.1 Å². The van der Waals surface area contributed by atoms with Crippen molar-refractivity contribution in [2.75, 3.05) is 7.11 Å². The van der Waals surface area contributed by atoms with Gasteiger partial charge in [-0.1, -0.05) is 17.7 Å². The number of benzene rings is 1. The highest BCUT2D eigenvalue weighted by atomic mass is 35.5. The lowest BCUT2D eigenvalue weighted by atomic mass is 10.0. The van der Waals surface area contributed by atoms with Crippen molar-refractivity contribution in [3.8, 4) is 0 Å². The van der Waals surface area contributed by atoms with Crippen molar-refractivity contribution in [3.63, 3.8) is 0 Å². The molecule has 0 aliphatic carbocycles. The minimum atomic E-state index is -0.300. The molecule has 0 amide bonds. The topological polar surface area (TPSA) is 39.2 Å². The Labute approximate surface area is 98.0 Å². The molecule has 0 atom stereocenters. The van der Waals surface area contributed by atoms with Crippen LogP contribution in [0.5, 0.6) is 0 Å². The van der Waals surface area contributed by atoms with Crippen LogP contribution in [0.4, 0.5) is 0 Å². The summed E-state index contributed by atoms with van der Waals surface area (Å²) in [6.45, 7) is 0. The molecule has 0 fully saturated rings. The largest absolute Gasteiger partial charge is 0.469 e. The van der Waals surface area contributed by atoms with Gasteiger partial charge in [-0.3, -0.25) is 9.78 Å². The monoisotopic (exact) mass is 235 g/mol. The Morgan fingerprint density at radius 2 is 2.25 bits per heavy atom.